The lowest BCUT2D eigenvalue weighted by molar-refractivity contribution is -0.156. The van der Waals surface area contributed by atoms with Gasteiger partial charge in [-0.1, -0.05) is 38.1 Å². The van der Waals surface area contributed by atoms with E-state index in [2.05, 4.69) is 13.8 Å². The third-order valence-corrected chi connectivity index (χ3v) is 3.47. The molecule has 1 aromatic carbocycles. The van der Waals surface area contributed by atoms with Crippen molar-refractivity contribution in [3.8, 4) is 0 Å². The molecule has 1 unspecified atom stereocenters. The van der Waals surface area contributed by atoms with E-state index in [1.54, 1.807) is 0 Å². The predicted molar refractivity (Wildman–Crippen MR) is 71.3 cm³/mol. The summed E-state index contributed by atoms with van der Waals surface area (Å²) in [5.74, 6) is -0.235. The molecule has 1 atom stereocenters. The van der Waals surface area contributed by atoms with Crippen LogP contribution in [-0.2, 0) is 16.1 Å². The Balaban J connectivity index is 2.11. The number of benzene rings is 1. The molecule has 1 heterocycles. The minimum absolute atomic E-state index is 0.205. The number of nitrogens with zero attached hydrogens (tertiary/aromatic N) is 1. The van der Waals surface area contributed by atoms with E-state index in [0.29, 0.717) is 5.92 Å². The lowest BCUT2D eigenvalue weighted by Crippen LogP contribution is -2.47. The Bertz CT molecular complexity index is 479. The molecule has 4 heteroatoms. The number of aliphatic hydroxyl groups is 1. The molecule has 0 saturated carbocycles. The average molecular weight is 261 g/mol. The smallest absolute Gasteiger partial charge is 0.258 e. The fraction of sp³-hybridized carbons (Fsp3) is 0.467. The van der Waals surface area contributed by atoms with Crippen molar-refractivity contribution < 1.29 is 14.7 Å². The van der Waals surface area contributed by atoms with E-state index in [1.807, 2.05) is 24.3 Å². The second-order valence-electron chi connectivity index (χ2n) is 5.27. The summed E-state index contributed by atoms with van der Waals surface area (Å²) in [5.41, 5.74) is 2.13. The maximum Gasteiger partial charge on any atom is 0.258 e. The van der Waals surface area contributed by atoms with Gasteiger partial charge in [-0.15, -0.1) is 0 Å². The number of hydrogen-bond donors (Lipinski definition) is 1. The molecular formula is C15H19NO3. The van der Waals surface area contributed by atoms with Crippen molar-refractivity contribution in [2.45, 2.75) is 45.3 Å². The maximum atomic E-state index is 11.8. The lowest BCUT2D eigenvalue weighted by atomic mass is 10.0. The van der Waals surface area contributed by atoms with Crippen molar-refractivity contribution in [3.63, 3.8) is 0 Å². The maximum absolute atomic E-state index is 11.8. The summed E-state index contributed by atoms with van der Waals surface area (Å²) in [7, 11) is 0. The van der Waals surface area contributed by atoms with Gasteiger partial charge in [0.05, 0.1) is 6.54 Å². The number of aliphatic hydroxyl groups excluding tert-OH is 1. The van der Waals surface area contributed by atoms with Crippen LogP contribution in [0.2, 0.25) is 0 Å². The Hall–Kier alpha value is -1.68. The van der Waals surface area contributed by atoms with Gasteiger partial charge < -0.3 is 5.11 Å². The summed E-state index contributed by atoms with van der Waals surface area (Å²) in [5, 5.41) is 9.52. The van der Waals surface area contributed by atoms with Gasteiger partial charge in [0.2, 0.25) is 5.91 Å². The van der Waals surface area contributed by atoms with Crippen LogP contribution in [-0.4, -0.2) is 27.9 Å². The first kappa shape index (κ1) is 13.7. The third-order valence-electron chi connectivity index (χ3n) is 3.47. The second-order valence-corrected chi connectivity index (χ2v) is 5.27. The molecule has 102 valence electrons. The van der Waals surface area contributed by atoms with E-state index in [0.717, 1.165) is 10.5 Å². The van der Waals surface area contributed by atoms with Crippen molar-refractivity contribution >= 4 is 11.8 Å². The van der Waals surface area contributed by atoms with E-state index in [1.165, 1.54) is 5.56 Å². The molecule has 2 rings (SSSR count). The van der Waals surface area contributed by atoms with Crippen LogP contribution in [0.4, 0.5) is 0 Å². The predicted octanol–water partition coefficient (Wildman–Crippen LogP) is 1.82. The summed E-state index contributed by atoms with van der Waals surface area (Å²) >= 11 is 0. The summed E-state index contributed by atoms with van der Waals surface area (Å²) in [6.45, 7) is 4.47. The van der Waals surface area contributed by atoms with Crippen LogP contribution in [0.1, 0.15) is 43.7 Å². The first-order chi connectivity index (χ1) is 8.99. The van der Waals surface area contributed by atoms with Crippen molar-refractivity contribution in [3.05, 3.63) is 35.4 Å². The van der Waals surface area contributed by atoms with Gasteiger partial charge in [0.25, 0.3) is 5.91 Å². The molecule has 0 bridgehead atoms. The van der Waals surface area contributed by atoms with Gasteiger partial charge >= 0.3 is 0 Å². The molecule has 1 aliphatic rings. The van der Waals surface area contributed by atoms with E-state index in [4.69, 9.17) is 0 Å². The Morgan fingerprint density at radius 3 is 2.47 bits per heavy atom. The van der Waals surface area contributed by atoms with Crippen molar-refractivity contribution in [1.82, 2.24) is 4.90 Å². The summed E-state index contributed by atoms with van der Waals surface area (Å²) < 4.78 is 0. The molecule has 1 aliphatic heterocycles. The van der Waals surface area contributed by atoms with Crippen LogP contribution in [0.3, 0.4) is 0 Å². The summed E-state index contributed by atoms with van der Waals surface area (Å²) in [6, 6.07) is 7.87. The molecule has 0 aromatic heterocycles. The number of piperidine rings is 1. The summed E-state index contributed by atoms with van der Waals surface area (Å²) in [4.78, 5) is 24.6. The van der Waals surface area contributed by atoms with Crippen LogP contribution < -0.4 is 0 Å². The number of hydrogen-bond acceptors (Lipinski definition) is 3. The number of carbonyl (C=O) groups excluding carboxylic acids is 2. The first-order valence-corrected chi connectivity index (χ1v) is 6.60. The zero-order chi connectivity index (χ0) is 14.0. The van der Waals surface area contributed by atoms with Crippen molar-refractivity contribution in [1.29, 1.82) is 0 Å². The molecule has 2 amide bonds. The number of carbonyl (C=O) groups is 2. The molecule has 1 fully saturated rings. The van der Waals surface area contributed by atoms with E-state index < -0.39 is 12.0 Å². The fourth-order valence-electron chi connectivity index (χ4n) is 2.18. The minimum atomic E-state index is -1.03. The first-order valence-electron chi connectivity index (χ1n) is 6.60. The Kier molecular flexibility index (Phi) is 4.00. The Morgan fingerprint density at radius 2 is 1.89 bits per heavy atom. The van der Waals surface area contributed by atoms with Gasteiger partial charge in [-0.25, -0.2) is 0 Å². The Morgan fingerprint density at radius 1 is 1.26 bits per heavy atom. The highest BCUT2D eigenvalue weighted by Gasteiger charge is 2.32. The molecule has 0 spiro atoms. The van der Waals surface area contributed by atoms with Crippen molar-refractivity contribution in [2.24, 2.45) is 0 Å². The quantitative estimate of drug-likeness (QED) is 0.844. The van der Waals surface area contributed by atoms with E-state index in [-0.39, 0.29) is 25.3 Å². The SMILES string of the molecule is CC(C)c1ccc(CN2C(=O)CCC(O)C2=O)cc1. The molecule has 1 aromatic rings. The van der Waals surface area contributed by atoms with Crippen LogP contribution in [0.25, 0.3) is 0 Å². The molecule has 1 N–H and O–H groups in total. The highest BCUT2D eigenvalue weighted by molar-refractivity contribution is 5.99. The number of likely N-dealkylation sites (tertiary alicyclic amines) is 1. The zero-order valence-electron chi connectivity index (χ0n) is 11.3. The number of amides is 2. The molecule has 4 nitrogen and oxygen atoms in total. The highest BCUT2D eigenvalue weighted by atomic mass is 16.3. The van der Waals surface area contributed by atoms with Crippen LogP contribution >= 0.6 is 0 Å². The fourth-order valence-corrected chi connectivity index (χ4v) is 2.18. The molecule has 0 radical (unpaired) electrons. The van der Waals surface area contributed by atoms with Gasteiger partial charge in [0.15, 0.2) is 0 Å². The number of imide groups is 1. The van der Waals surface area contributed by atoms with Crippen molar-refractivity contribution in [2.75, 3.05) is 0 Å². The zero-order valence-corrected chi connectivity index (χ0v) is 11.3. The molecule has 0 aliphatic carbocycles. The molecule has 1 saturated heterocycles. The molecule has 19 heavy (non-hydrogen) atoms. The standard InChI is InChI=1S/C15H19NO3/c1-10(2)12-5-3-11(4-6-12)9-16-14(18)8-7-13(17)15(16)19/h3-6,10,13,17H,7-9H2,1-2H3. The van der Waals surface area contributed by atoms with Crippen LogP contribution in [0, 0.1) is 0 Å². The van der Waals surface area contributed by atoms with Gasteiger partial charge in [0.1, 0.15) is 6.10 Å². The second kappa shape index (κ2) is 5.53. The van der Waals surface area contributed by atoms with Gasteiger partial charge in [-0.3, -0.25) is 14.5 Å². The largest absolute Gasteiger partial charge is 0.383 e. The van der Waals surface area contributed by atoms with Crippen LogP contribution in [0.5, 0.6) is 0 Å². The Labute approximate surface area is 113 Å². The van der Waals surface area contributed by atoms with E-state index >= 15 is 0 Å². The van der Waals surface area contributed by atoms with Gasteiger partial charge in [-0.05, 0) is 23.5 Å². The van der Waals surface area contributed by atoms with E-state index in [9.17, 15) is 14.7 Å². The monoisotopic (exact) mass is 261 g/mol. The highest BCUT2D eigenvalue weighted by Crippen LogP contribution is 2.19. The van der Waals surface area contributed by atoms with Gasteiger partial charge in [-0.2, -0.15) is 0 Å². The average Bonchev–Trinajstić information content (AvgIpc) is 2.40. The minimum Gasteiger partial charge on any atom is -0.383 e. The third kappa shape index (κ3) is 3.01. The normalized spacial score (nSPS) is 20.2. The summed E-state index contributed by atoms with van der Waals surface area (Å²) in [6.07, 6.45) is -0.565. The molecular weight excluding hydrogens is 242 g/mol. The topological polar surface area (TPSA) is 57.6 Å². The van der Waals surface area contributed by atoms with Gasteiger partial charge in [0, 0.05) is 6.42 Å². The lowest BCUT2D eigenvalue weighted by Gasteiger charge is -2.28. The number of rotatable bonds is 3. The van der Waals surface area contributed by atoms with Crippen LogP contribution in [0.15, 0.2) is 24.3 Å².